The van der Waals surface area contributed by atoms with Gasteiger partial charge in [0.1, 0.15) is 11.4 Å². The van der Waals surface area contributed by atoms with Gasteiger partial charge in [0.25, 0.3) is 5.97 Å². The van der Waals surface area contributed by atoms with Crippen LogP contribution in [0, 0.1) is 0 Å². The second kappa shape index (κ2) is 10.1. The lowest BCUT2D eigenvalue weighted by Gasteiger charge is -2.33. The van der Waals surface area contributed by atoms with Gasteiger partial charge in [-0.25, -0.2) is 0 Å². The summed E-state index contributed by atoms with van der Waals surface area (Å²) >= 11 is 0. The molecule has 2 unspecified atom stereocenters. The molecule has 0 amide bonds. The number of rotatable bonds is 11. The summed E-state index contributed by atoms with van der Waals surface area (Å²) in [6.07, 6.45) is 1.47. The zero-order chi connectivity index (χ0) is 23.4. The van der Waals surface area contributed by atoms with Crippen molar-refractivity contribution in [1.82, 2.24) is 0 Å². The second-order valence-electron chi connectivity index (χ2n) is 10.3. The molecule has 1 aromatic heterocycles. The molecule has 1 heterocycles. The molecule has 0 bridgehead atoms. The minimum Gasteiger partial charge on any atom is -0.520 e. The molecule has 30 heavy (non-hydrogen) atoms. The molecule has 11 heteroatoms. The first kappa shape index (κ1) is 27.1. The maximum absolute atomic E-state index is 14.1. The third kappa shape index (κ3) is 10.4. The number of hydrogen-bond donors (Lipinski definition) is 0. The van der Waals surface area contributed by atoms with E-state index < -0.39 is 49.9 Å². The van der Waals surface area contributed by atoms with Crippen LogP contribution in [0.2, 0.25) is 58.9 Å². The van der Waals surface area contributed by atoms with Gasteiger partial charge >= 0.3 is 5.97 Å². The Balaban J connectivity index is 3.24. The minimum atomic E-state index is -3.59. The van der Waals surface area contributed by atoms with Crippen LogP contribution in [0.3, 0.4) is 0 Å². The van der Waals surface area contributed by atoms with Gasteiger partial charge in [-0.2, -0.15) is 0 Å². The van der Waals surface area contributed by atoms with Gasteiger partial charge in [-0.3, -0.25) is 14.2 Å². The fourth-order valence-electron chi connectivity index (χ4n) is 2.74. The molecule has 0 saturated heterocycles. The lowest BCUT2D eigenvalue weighted by molar-refractivity contribution is -0.136. The zero-order valence-electron chi connectivity index (χ0n) is 19.7. The quantitative estimate of drug-likeness (QED) is 0.299. The van der Waals surface area contributed by atoms with E-state index in [9.17, 15) is 14.2 Å². The van der Waals surface area contributed by atoms with Gasteiger partial charge in [0, 0.05) is 12.6 Å². The molecule has 0 aliphatic carbocycles. The third-order valence-electron chi connectivity index (χ3n) is 3.60. The van der Waals surface area contributed by atoms with E-state index in [4.69, 9.17) is 17.5 Å². The molecule has 0 N–H and O–H groups in total. The van der Waals surface area contributed by atoms with E-state index in [2.05, 4.69) is 0 Å². The Bertz CT molecular complexity index is 759. The van der Waals surface area contributed by atoms with Crippen LogP contribution < -0.4 is 0 Å². The van der Waals surface area contributed by atoms with Crippen LogP contribution in [0.4, 0.5) is 0 Å². The van der Waals surface area contributed by atoms with Gasteiger partial charge in [-0.15, -0.1) is 0 Å². The van der Waals surface area contributed by atoms with E-state index in [0.717, 1.165) is 0 Å². The van der Waals surface area contributed by atoms with E-state index in [1.807, 2.05) is 58.9 Å². The van der Waals surface area contributed by atoms with Crippen LogP contribution in [0.25, 0.3) is 0 Å². The summed E-state index contributed by atoms with van der Waals surface area (Å²) in [5.41, 5.74) is -1.03. The summed E-state index contributed by atoms with van der Waals surface area (Å²) in [5.74, 6) is -0.439. The van der Waals surface area contributed by atoms with Crippen molar-refractivity contribution in [3.05, 3.63) is 24.2 Å². The highest BCUT2D eigenvalue weighted by Crippen LogP contribution is 2.56. The van der Waals surface area contributed by atoms with Crippen molar-refractivity contribution in [3.8, 4) is 0 Å². The van der Waals surface area contributed by atoms with Crippen molar-refractivity contribution < 1.29 is 31.6 Å². The largest absolute Gasteiger partial charge is 0.520 e. The SMILES string of the molecule is C[Si](C)(C)OC(=O)CCP(=O)(O[Si](C)(C)C)C(Cc1ccco1)C(=O)O[Si](C)(C)C. The second-order valence-corrected chi connectivity index (χ2v) is 26.7. The van der Waals surface area contributed by atoms with Crippen molar-refractivity contribution in [2.75, 3.05) is 6.16 Å². The highest BCUT2D eigenvalue weighted by atomic mass is 31.2. The lowest BCUT2D eigenvalue weighted by atomic mass is 10.2. The molecular formula is C19H37O7PSi3. The van der Waals surface area contributed by atoms with E-state index in [-0.39, 0.29) is 19.0 Å². The van der Waals surface area contributed by atoms with Gasteiger partial charge < -0.3 is 17.5 Å². The molecule has 1 aromatic rings. The highest BCUT2D eigenvalue weighted by molar-refractivity contribution is 7.62. The van der Waals surface area contributed by atoms with Crippen LogP contribution >= 0.6 is 7.37 Å². The van der Waals surface area contributed by atoms with Crippen LogP contribution in [0.15, 0.2) is 22.8 Å². The molecule has 0 saturated carbocycles. The van der Waals surface area contributed by atoms with Gasteiger partial charge in [-0.05, 0) is 71.1 Å². The number of hydrogen-bond acceptors (Lipinski definition) is 7. The maximum atomic E-state index is 14.1. The average Bonchev–Trinajstić information content (AvgIpc) is 2.98. The summed E-state index contributed by atoms with van der Waals surface area (Å²) in [6.45, 7) is 17.1. The highest BCUT2D eigenvalue weighted by Gasteiger charge is 2.45. The van der Waals surface area contributed by atoms with Crippen LogP contribution in [0.5, 0.6) is 0 Å². The Kier molecular flexibility index (Phi) is 9.14. The third-order valence-corrected chi connectivity index (χ3v) is 10.9. The Morgan fingerprint density at radius 3 is 1.97 bits per heavy atom. The molecule has 0 aliphatic rings. The Morgan fingerprint density at radius 2 is 1.53 bits per heavy atom. The molecule has 0 radical (unpaired) electrons. The minimum absolute atomic E-state index is 0.0627. The zero-order valence-corrected chi connectivity index (χ0v) is 23.6. The fourth-order valence-corrected chi connectivity index (χ4v) is 10.6. The van der Waals surface area contributed by atoms with E-state index in [1.165, 1.54) is 6.26 Å². The summed E-state index contributed by atoms with van der Waals surface area (Å²) in [6, 6.07) is 3.44. The van der Waals surface area contributed by atoms with E-state index in [1.54, 1.807) is 12.1 Å². The van der Waals surface area contributed by atoms with Crippen molar-refractivity contribution >= 4 is 44.3 Å². The monoisotopic (exact) mass is 492 g/mol. The van der Waals surface area contributed by atoms with Gasteiger partial charge in [0.05, 0.1) is 12.7 Å². The van der Waals surface area contributed by atoms with Crippen molar-refractivity contribution in [1.29, 1.82) is 0 Å². The van der Waals surface area contributed by atoms with Crippen LogP contribution in [-0.2, 0) is 33.6 Å². The molecule has 7 nitrogen and oxygen atoms in total. The first-order chi connectivity index (χ1) is 13.4. The van der Waals surface area contributed by atoms with Gasteiger partial charge in [0.2, 0.25) is 24.0 Å². The van der Waals surface area contributed by atoms with Crippen LogP contribution in [0.1, 0.15) is 12.2 Å². The summed E-state index contributed by atoms with van der Waals surface area (Å²) in [5, 5.41) is 0. The first-order valence-electron chi connectivity index (χ1n) is 10.2. The summed E-state index contributed by atoms with van der Waals surface area (Å²) in [4.78, 5) is 25.4. The number of furan rings is 1. The Morgan fingerprint density at radius 1 is 0.967 bits per heavy atom. The molecule has 2 atom stereocenters. The predicted octanol–water partition coefficient (Wildman–Crippen LogP) is 5.47. The summed E-state index contributed by atoms with van der Waals surface area (Å²) in [7, 11) is -10.2. The van der Waals surface area contributed by atoms with Crippen molar-refractivity contribution in [2.45, 2.75) is 77.4 Å². The molecule has 1 rings (SSSR count). The maximum Gasteiger partial charge on any atom is 0.305 e. The van der Waals surface area contributed by atoms with Crippen molar-refractivity contribution in [3.63, 3.8) is 0 Å². The molecule has 0 aromatic carbocycles. The fraction of sp³-hybridized carbons (Fsp3) is 0.684. The van der Waals surface area contributed by atoms with Gasteiger partial charge in [-0.1, -0.05) is 0 Å². The molecule has 172 valence electrons. The van der Waals surface area contributed by atoms with Gasteiger partial charge in [0.15, 0.2) is 8.32 Å². The Hall–Kier alpha value is -0.939. The predicted molar refractivity (Wildman–Crippen MR) is 127 cm³/mol. The first-order valence-corrected chi connectivity index (χ1v) is 22.3. The molecular weight excluding hydrogens is 455 g/mol. The van der Waals surface area contributed by atoms with Crippen molar-refractivity contribution in [2.24, 2.45) is 0 Å². The lowest BCUT2D eigenvalue weighted by Crippen LogP contribution is -2.39. The number of carbonyl (C=O) groups is 2. The Labute approximate surface area is 183 Å². The molecule has 0 aliphatic heterocycles. The van der Waals surface area contributed by atoms with E-state index >= 15 is 0 Å². The number of carbonyl (C=O) groups excluding carboxylic acids is 2. The van der Waals surface area contributed by atoms with Crippen LogP contribution in [-0.4, -0.2) is 48.7 Å². The summed E-state index contributed by atoms with van der Waals surface area (Å²) < 4.78 is 36.9. The standard InChI is InChI=1S/C19H37O7PSi3/c1-28(2,3)24-18(20)12-14-27(22,26-30(7,8)9)17(15-16-11-10-13-23-16)19(21)25-29(4,5)6/h10-11,13,17H,12,14-15H2,1-9H3. The smallest absolute Gasteiger partial charge is 0.305 e. The molecule has 0 spiro atoms. The topological polar surface area (TPSA) is 92.0 Å². The normalized spacial score (nSPS) is 15.9. The van der Waals surface area contributed by atoms with E-state index in [0.29, 0.717) is 5.76 Å². The molecule has 0 fully saturated rings. The average molecular weight is 493 g/mol.